The molecule has 0 radical (unpaired) electrons. The van der Waals surface area contributed by atoms with Crippen molar-refractivity contribution in [1.82, 2.24) is 9.55 Å². The zero-order valence-corrected chi connectivity index (χ0v) is 14.6. The number of imidazole rings is 1. The van der Waals surface area contributed by atoms with Crippen LogP contribution in [-0.2, 0) is 12.0 Å². The molecule has 1 unspecified atom stereocenters. The predicted octanol–water partition coefficient (Wildman–Crippen LogP) is 3.87. The largest absolute Gasteiger partial charge is 0.393 e. The minimum absolute atomic E-state index is 0.0171. The van der Waals surface area contributed by atoms with Gasteiger partial charge < -0.3 is 10.3 Å². The summed E-state index contributed by atoms with van der Waals surface area (Å²) in [7, 11) is 0. The fraction of sp³-hybridized carbons (Fsp3) is 0.529. The maximum atomic E-state index is 5.81. The van der Waals surface area contributed by atoms with Gasteiger partial charge in [-0.05, 0) is 37.1 Å². The molecule has 3 nitrogen and oxygen atoms in total. The van der Waals surface area contributed by atoms with Crippen molar-refractivity contribution in [2.45, 2.75) is 53.5 Å². The number of aromatic nitrogens is 2. The molecular weight excluding hydrogens is 278 g/mol. The van der Waals surface area contributed by atoms with Crippen LogP contribution >= 0.6 is 12.2 Å². The number of hydrogen-bond acceptors (Lipinski definition) is 2. The molecule has 114 valence electrons. The maximum absolute atomic E-state index is 5.81. The molecule has 4 heteroatoms. The summed E-state index contributed by atoms with van der Waals surface area (Å²) in [5.74, 6) is 1.24. The van der Waals surface area contributed by atoms with Crippen molar-refractivity contribution in [3.05, 3.63) is 29.1 Å². The quantitative estimate of drug-likeness (QED) is 0.875. The number of nitrogens with zero attached hydrogens (tertiary/aromatic N) is 2. The average molecular weight is 303 g/mol. The second kappa shape index (κ2) is 5.41. The molecule has 0 fully saturated rings. The third-order valence-electron chi connectivity index (χ3n) is 3.98. The Morgan fingerprint density at radius 3 is 2.38 bits per heavy atom. The Bertz CT molecular complexity index is 692. The van der Waals surface area contributed by atoms with Crippen LogP contribution in [0.2, 0.25) is 0 Å². The summed E-state index contributed by atoms with van der Waals surface area (Å²) in [5, 5.41) is 0. The van der Waals surface area contributed by atoms with Crippen molar-refractivity contribution >= 4 is 28.2 Å². The van der Waals surface area contributed by atoms with Crippen molar-refractivity contribution in [2.75, 3.05) is 0 Å². The molecule has 0 bridgehead atoms. The molecule has 0 spiro atoms. The molecule has 0 aliphatic carbocycles. The van der Waals surface area contributed by atoms with Crippen LogP contribution in [0.3, 0.4) is 0 Å². The maximum Gasteiger partial charge on any atom is 0.115 e. The van der Waals surface area contributed by atoms with Crippen LogP contribution in [0, 0.1) is 19.8 Å². The molecule has 1 heterocycles. The fourth-order valence-electron chi connectivity index (χ4n) is 2.50. The van der Waals surface area contributed by atoms with Gasteiger partial charge in [0.15, 0.2) is 0 Å². The highest BCUT2D eigenvalue weighted by molar-refractivity contribution is 7.80. The highest BCUT2D eigenvalue weighted by Crippen LogP contribution is 2.29. The molecule has 0 aliphatic rings. The average Bonchev–Trinajstić information content (AvgIpc) is 2.68. The normalized spacial score (nSPS) is 13.6. The molecular formula is C17H25N3S. The standard InChI is InChI=1S/C17H25N3S/c1-10-7-13-14(8-11(10)2)20(9-12(3)15(18)21)16(19-13)17(4,5)6/h7-8,12H,9H2,1-6H3,(H2,18,21). The molecule has 2 aromatic rings. The highest BCUT2D eigenvalue weighted by Gasteiger charge is 2.24. The van der Waals surface area contributed by atoms with E-state index < -0.39 is 0 Å². The summed E-state index contributed by atoms with van der Waals surface area (Å²) >= 11 is 5.14. The van der Waals surface area contributed by atoms with E-state index in [1.807, 2.05) is 0 Å². The Hall–Kier alpha value is -1.42. The lowest BCUT2D eigenvalue weighted by Gasteiger charge is -2.22. The molecule has 0 amide bonds. The van der Waals surface area contributed by atoms with Gasteiger partial charge in [0.05, 0.1) is 16.0 Å². The molecule has 1 aromatic carbocycles. The van der Waals surface area contributed by atoms with Gasteiger partial charge in [0.2, 0.25) is 0 Å². The number of rotatable bonds is 3. The molecule has 0 saturated carbocycles. The van der Waals surface area contributed by atoms with Crippen LogP contribution < -0.4 is 5.73 Å². The summed E-state index contributed by atoms with van der Waals surface area (Å²) in [6.45, 7) is 13.7. The van der Waals surface area contributed by atoms with Crippen molar-refractivity contribution in [3.8, 4) is 0 Å². The fourth-order valence-corrected chi connectivity index (χ4v) is 2.58. The van der Waals surface area contributed by atoms with E-state index in [1.165, 1.54) is 16.6 Å². The van der Waals surface area contributed by atoms with E-state index >= 15 is 0 Å². The number of nitrogens with two attached hydrogens (primary N) is 1. The second-order valence-corrected chi connectivity index (χ2v) is 7.50. The van der Waals surface area contributed by atoms with E-state index in [4.69, 9.17) is 22.9 Å². The van der Waals surface area contributed by atoms with E-state index in [0.717, 1.165) is 17.9 Å². The molecule has 2 N–H and O–H groups in total. The van der Waals surface area contributed by atoms with Gasteiger partial charge in [0.25, 0.3) is 0 Å². The minimum atomic E-state index is -0.0171. The van der Waals surface area contributed by atoms with Crippen LogP contribution in [0.25, 0.3) is 11.0 Å². The van der Waals surface area contributed by atoms with Crippen LogP contribution in [0.15, 0.2) is 12.1 Å². The van der Waals surface area contributed by atoms with E-state index in [-0.39, 0.29) is 11.3 Å². The first-order chi connectivity index (χ1) is 9.61. The molecule has 0 aliphatic heterocycles. The summed E-state index contributed by atoms with van der Waals surface area (Å²) in [4.78, 5) is 5.43. The number of fused-ring (bicyclic) bond motifs is 1. The first-order valence-electron chi connectivity index (χ1n) is 7.38. The third-order valence-corrected chi connectivity index (χ3v) is 4.38. The SMILES string of the molecule is Cc1cc2nc(C(C)(C)C)n(CC(C)C(N)=S)c2cc1C. The Morgan fingerprint density at radius 2 is 1.86 bits per heavy atom. The van der Waals surface area contributed by atoms with E-state index in [0.29, 0.717) is 4.99 Å². The van der Waals surface area contributed by atoms with E-state index in [1.54, 1.807) is 0 Å². The lowest BCUT2D eigenvalue weighted by atomic mass is 9.95. The van der Waals surface area contributed by atoms with Gasteiger partial charge in [0, 0.05) is 17.9 Å². The van der Waals surface area contributed by atoms with E-state index in [9.17, 15) is 0 Å². The van der Waals surface area contributed by atoms with Crippen LogP contribution in [0.4, 0.5) is 0 Å². The first kappa shape index (κ1) is 16.0. The zero-order chi connectivity index (χ0) is 15.9. The molecule has 1 aromatic heterocycles. The lowest BCUT2D eigenvalue weighted by Crippen LogP contribution is -2.26. The van der Waals surface area contributed by atoms with Gasteiger partial charge in [0.1, 0.15) is 5.82 Å². The van der Waals surface area contributed by atoms with E-state index in [2.05, 4.69) is 58.2 Å². The molecule has 1 atom stereocenters. The van der Waals surface area contributed by atoms with Crippen molar-refractivity contribution in [3.63, 3.8) is 0 Å². The van der Waals surface area contributed by atoms with Crippen molar-refractivity contribution in [1.29, 1.82) is 0 Å². The monoisotopic (exact) mass is 303 g/mol. The Morgan fingerprint density at radius 1 is 1.29 bits per heavy atom. The Kier molecular flexibility index (Phi) is 4.11. The van der Waals surface area contributed by atoms with Crippen molar-refractivity contribution < 1.29 is 0 Å². The second-order valence-electron chi connectivity index (χ2n) is 7.02. The van der Waals surface area contributed by atoms with Crippen LogP contribution in [0.5, 0.6) is 0 Å². The number of benzene rings is 1. The van der Waals surface area contributed by atoms with Crippen LogP contribution in [0.1, 0.15) is 44.6 Å². The van der Waals surface area contributed by atoms with Gasteiger partial charge in [-0.15, -0.1) is 0 Å². The Balaban J connectivity index is 2.68. The minimum Gasteiger partial charge on any atom is -0.393 e. The molecule has 0 saturated heterocycles. The van der Waals surface area contributed by atoms with Crippen molar-refractivity contribution in [2.24, 2.45) is 11.7 Å². The third kappa shape index (κ3) is 3.10. The zero-order valence-electron chi connectivity index (χ0n) is 13.8. The number of hydrogen-bond donors (Lipinski definition) is 1. The summed E-state index contributed by atoms with van der Waals surface area (Å²) < 4.78 is 2.28. The Labute approximate surface area is 132 Å². The first-order valence-corrected chi connectivity index (χ1v) is 7.79. The number of aryl methyl sites for hydroxylation is 2. The van der Waals surface area contributed by atoms with Gasteiger partial charge in [-0.25, -0.2) is 4.98 Å². The topological polar surface area (TPSA) is 43.8 Å². The van der Waals surface area contributed by atoms with Gasteiger partial charge in [-0.3, -0.25) is 0 Å². The predicted molar refractivity (Wildman–Crippen MR) is 93.9 cm³/mol. The lowest BCUT2D eigenvalue weighted by molar-refractivity contribution is 0.485. The highest BCUT2D eigenvalue weighted by atomic mass is 32.1. The summed E-state index contributed by atoms with van der Waals surface area (Å²) in [6.07, 6.45) is 0. The van der Waals surface area contributed by atoms with Gasteiger partial charge in [-0.2, -0.15) is 0 Å². The molecule has 21 heavy (non-hydrogen) atoms. The summed E-state index contributed by atoms with van der Waals surface area (Å²) in [6, 6.07) is 4.39. The van der Waals surface area contributed by atoms with Gasteiger partial charge >= 0.3 is 0 Å². The smallest absolute Gasteiger partial charge is 0.115 e. The molecule has 2 rings (SSSR count). The van der Waals surface area contributed by atoms with Crippen LogP contribution in [-0.4, -0.2) is 14.5 Å². The summed E-state index contributed by atoms with van der Waals surface area (Å²) in [5.41, 5.74) is 10.6. The van der Waals surface area contributed by atoms with Gasteiger partial charge in [-0.1, -0.05) is 39.9 Å². The number of thiocarbonyl (C=S) groups is 1.